The van der Waals surface area contributed by atoms with Crippen LogP contribution in [0.2, 0.25) is 0 Å². The molecule has 1 atom stereocenters. The van der Waals surface area contributed by atoms with Gasteiger partial charge in [0, 0.05) is 6.61 Å². The quantitative estimate of drug-likeness (QED) is 0.718. The first-order valence-electron chi connectivity index (χ1n) is 5.17. The standard InChI is InChI=1S/C11H25NO/c1-6-11(5,9-12)7-8-13-10(2,3)4/h6-9,12H2,1-5H3. The fourth-order valence-electron chi connectivity index (χ4n) is 1.03. The first-order chi connectivity index (χ1) is 5.83. The molecule has 0 saturated heterocycles. The minimum absolute atomic E-state index is 0.0246. The maximum Gasteiger partial charge on any atom is 0.0598 e. The Bertz CT molecular complexity index is 134. The predicted molar refractivity (Wildman–Crippen MR) is 57.8 cm³/mol. The van der Waals surface area contributed by atoms with E-state index in [1.54, 1.807) is 0 Å². The van der Waals surface area contributed by atoms with Crippen molar-refractivity contribution in [2.75, 3.05) is 13.2 Å². The van der Waals surface area contributed by atoms with Gasteiger partial charge in [0.1, 0.15) is 0 Å². The van der Waals surface area contributed by atoms with Gasteiger partial charge in [-0.3, -0.25) is 0 Å². The summed E-state index contributed by atoms with van der Waals surface area (Å²) >= 11 is 0. The fraction of sp³-hybridized carbons (Fsp3) is 1.00. The Morgan fingerprint density at radius 3 is 2.00 bits per heavy atom. The minimum atomic E-state index is -0.0246. The van der Waals surface area contributed by atoms with Crippen LogP contribution >= 0.6 is 0 Å². The summed E-state index contributed by atoms with van der Waals surface area (Å²) in [5.74, 6) is 0. The van der Waals surface area contributed by atoms with Crippen LogP contribution in [-0.4, -0.2) is 18.8 Å². The number of nitrogens with two attached hydrogens (primary N) is 1. The molecule has 0 radical (unpaired) electrons. The van der Waals surface area contributed by atoms with E-state index in [-0.39, 0.29) is 11.0 Å². The van der Waals surface area contributed by atoms with Gasteiger partial charge in [-0.2, -0.15) is 0 Å². The van der Waals surface area contributed by atoms with Gasteiger partial charge in [-0.25, -0.2) is 0 Å². The van der Waals surface area contributed by atoms with E-state index in [0.29, 0.717) is 0 Å². The van der Waals surface area contributed by atoms with Crippen molar-refractivity contribution in [2.45, 2.75) is 53.1 Å². The van der Waals surface area contributed by atoms with Gasteiger partial charge < -0.3 is 10.5 Å². The lowest BCUT2D eigenvalue weighted by Gasteiger charge is -2.28. The molecule has 0 aliphatic carbocycles. The third kappa shape index (κ3) is 6.05. The normalized spacial score (nSPS) is 17.1. The zero-order chi connectivity index (χ0) is 10.5. The molecule has 2 N–H and O–H groups in total. The van der Waals surface area contributed by atoms with Gasteiger partial charge >= 0.3 is 0 Å². The molecule has 0 aliphatic heterocycles. The summed E-state index contributed by atoms with van der Waals surface area (Å²) in [4.78, 5) is 0. The monoisotopic (exact) mass is 187 g/mol. The summed E-state index contributed by atoms with van der Waals surface area (Å²) in [6.45, 7) is 12.2. The number of ether oxygens (including phenoxy) is 1. The average molecular weight is 187 g/mol. The Kier molecular flexibility index (Phi) is 4.93. The molecule has 0 amide bonds. The highest BCUT2D eigenvalue weighted by atomic mass is 16.5. The van der Waals surface area contributed by atoms with Crippen molar-refractivity contribution in [1.82, 2.24) is 0 Å². The summed E-state index contributed by atoms with van der Waals surface area (Å²) in [6.07, 6.45) is 2.17. The van der Waals surface area contributed by atoms with Crippen LogP contribution in [0, 0.1) is 5.41 Å². The van der Waals surface area contributed by atoms with E-state index in [1.165, 1.54) is 0 Å². The summed E-state index contributed by atoms with van der Waals surface area (Å²) in [5, 5.41) is 0. The zero-order valence-corrected chi connectivity index (χ0v) is 9.81. The lowest BCUT2D eigenvalue weighted by atomic mass is 9.84. The Morgan fingerprint density at radius 2 is 1.69 bits per heavy atom. The van der Waals surface area contributed by atoms with Crippen LogP contribution in [0.4, 0.5) is 0 Å². The van der Waals surface area contributed by atoms with Gasteiger partial charge in [0.2, 0.25) is 0 Å². The van der Waals surface area contributed by atoms with E-state index in [9.17, 15) is 0 Å². The summed E-state index contributed by atoms with van der Waals surface area (Å²) < 4.78 is 5.67. The van der Waals surface area contributed by atoms with Crippen LogP contribution in [-0.2, 0) is 4.74 Å². The van der Waals surface area contributed by atoms with Gasteiger partial charge in [-0.1, -0.05) is 13.8 Å². The van der Waals surface area contributed by atoms with Crippen LogP contribution in [0.25, 0.3) is 0 Å². The van der Waals surface area contributed by atoms with Crippen molar-refractivity contribution in [3.63, 3.8) is 0 Å². The second kappa shape index (κ2) is 4.97. The summed E-state index contributed by atoms with van der Waals surface area (Å²) in [5.41, 5.74) is 5.94. The minimum Gasteiger partial charge on any atom is -0.376 e. The summed E-state index contributed by atoms with van der Waals surface area (Å²) in [6, 6.07) is 0. The molecule has 0 fully saturated rings. The Hall–Kier alpha value is -0.0800. The predicted octanol–water partition coefficient (Wildman–Crippen LogP) is 2.57. The van der Waals surface area contributed by atoms with Crippen molar-refractivity contribution in [2.24, 2.45) is 11.1 Å². The molecule has 2 nitrogen and oxygen atoms in total. The molecular weight excluding hydrogens is 162 g/mol. The highest BCUT2D eigenvalue weighted by Gasteiger charge is 2.21. The van der Waals surface area contributed by atoms with Crippen molar-refractivity contribution in [3.8, 4) is 0 Å². The lowest BCUT2D eigenvalue weighted by Crippen LogP contribution is -2.30. The van der Waals surface area contributed by atoms with Crippen molar-refractivity contribution in [3.05, 3.63) is 0 Å². The Morgan fingerprint density at radius 1 is 1.15 bits per heavy atom. The van der Waals surface area contributed by atoms with Crippen molar-refractivity contribution < 1.29 is 4.74 Å². The van der Waals surface area contributed by atoms with E-state index < -0.39 is 0 Å². The molecule has 1 unspecified atom stereocenters. The zero-order valence-electron chi connectivity index (χ0n) is 9.81. The largest absolute Gasteiger partial charge is 0.376 e. The van der Waals surface area contributed by atoms with Crippen LogP contribution in [0.15, 0.2) is 0 Å². The smallest absolute Gasteiger partial charge is 0.0598 e. The number of rotatable bonds is 5. The highest BCUT2D eigenvalue weighted by Crippen LogP contribution is 2.24. The van der Waals surface area contributed by atoms with Crippen LogP contribution < -0.4 is 5.73 Å². The van der Waals surface area contributed by atoms with Crippen molar-refractivity contribution in [1.29, 1.82) is 0 Å². The Labute approximate surface area is 82.8 Å². The molecule has 0 bridgehead atoms. The molecule has 0 aromatic rings. The van der Waals surface area contributed by atoms with Gasteiger partial charge in [0.15, 0.2) is 0 Å². The fourth-order valence-corrected chi connectivity index (χ4v) is 1.03. The van der Waals surface area contributed by atoms with Crippen LogP contribution in [0.1, 0.15) is 47.5 Å². The SMILES string of the molecule is CCC(C)(CN)CCOC(C)(C)C. The first kappa shape index (κ1) is 12.9. The highest BCUT2D eigenvalue weighted by molar-refractivity contribution is 4.73. The third-order valence-corrected chi connectivity index (χ3v) is 2.59. The third-order valence-electron chi connectivity index (χ3n) is 2.59. The van der Waals surface area contributed by atoms with Gasteiger partial charge in [0.05, 0.1) is 5.60 Å². The van der Waals surface area contributed by atoms with Gasteiger partial charge in [-0.15, -0.1) is 0 Å². The van der Waals surface area contributed by atoms with E-state index in [1.807, 2.05) is 0 Å². The van der Waals surface area contributed by atoms with Crippen LogP contribution in [0.3, 0.4) is 0 Å². The average Bonchev–Trinajstić information content (AvgIpc) is 2.02. The molecule has 0 aromatic carbocycles. The second-order valence-electron chi connectivity index (χ2n) is 5.08. The summed E-state index contributed by atoms with van der Waals surface area (Å²) in [7, 11) is 0. The molecule has 2 heteroatoms. The molecule has 0 aromatic heterocycles. The maximum atomic E-state index is 5.71. The van der Waals surface area contributed by atoms with E-state index in [2.05, 4.69) is 34.6 Å². The number of hydrogen-bond acceptors (Lipinski definition) is 2. The van der Waals surface area contributed by atoms with Crippen LogP contribution in [0.5, 0.6) is 0 Å². The van der Waals surface area contributed by atoms with Gasteiger partial charge in [0.25, 0.3) is 0 Å². The van der Waals surface area contributed by atoms with Gasteiger partial charge in [-0.05, 0) is 45.6 Å². The molecule has 80 valence electrons. The topological polar surface area (TPSA) is 35.2 Å². The molecule has 0 rings (SSSR count). The first-order valence-corrected chi connectivity index (χ1v) is 5.17. The van der Waals surface area contributed by atoms with E-state index in [4.69, 9.17) is 10.5 Å². The molecular formula is C11H25NO. The molecule has 13 heavy (non-hydrogen) atoms. The Balaban J connectivity index is 3.74. The molecule has 0 heterocycles. The molecule has 0 aliphatic rings. The van der Waals surface area contributed by atoms with E-state index >= 15 is 0 Å². The molecule has 0 spiro atoms. The maximum absolute atomic E-state index is 5.71. The van der Waals surface area contributed by atoms with Crippen molar-refractivity contribution >= 4 is 0 Å². The number of hydrogen-bond donors (Lipinski definition) is 1. The molecule has 0 saturated carbocycles. The second-order valence-corrected chi connectivity index (χ2v) is 5.08. The lowest BCUT2D eigenvalue weighted by molar-refractivity contribution is -0.0167. The van der Waals surface area contributed by atoms with E-state index in [0.717, 1.165) is 26.0 Å².